The molecule has 0 heterocycles. The van der Waals surface area contributed by atoms with Gasteiger partial charge < -0.3 is 10.1 Å². The molecule has 0 aliphatic rings. The molecule has 0 bridgehead atoms. The molecule has 1 aromatic rings. The number of alkyl halides is 3. The van der Waals surface area contributed by atoms with Gasteiger partial charge in [-0.3, -0.25) is 9.59 Å². The lowest BCUT2D eigenvalue weighted by atomic mass is 10.1. The maximum Gasteiger partial charge on any atom is 0.471 e. The van der Waals surface area contributed by atoms with Crippen LogP contribution in [0.4, 0.5) is 13.2 Å². The number of Topliss-reactive ketones (excluding diaryl/α,β-unsaturated/α-hetero) is 1. The number of ketones is 1. The minimum Gasteiger partial charge on any atom is -0.497 e. The number of halogens is 3. The first-order valence-corrected chi connectivity index (χ1v) is 5.31. The smallest absolute Gasteiger partial charge is 0.471 e. The fourth-order valence-electron chi connectivity index (χ4n) is 1.35. The fourth-order valence-corrected chi connectivity index (χ4v) is 1.35. The molecule has 1 amide bonds. The van der Waals surface area contributed by atoms with Crippen LogP contribution in [0.5, 0.6) is 5.75 Å². The van der Waals surface area contributed by atoms with Crippen molar-refractivity contribution in [3.63, 3.8) is 0 Å². The molecule has 0 saturated heterocycles. The highest BCUT2D eigenvalue weighted by Crippen LogP contribution is 2.16. The SMILES string of the molecule is COc1ccc(C(=O)C(C)NC(=O)C(F)(F)F)cc1. The van der Waals surface area contributed by atoms with Crippen molar-refractivity contribution in [3.8, 4) is 5.75 Å². The van der Waals surface area contributed by atoms with Gasteiger partial charge in [0.05, 0.1) is 13.2 Å². The van der Waals surface area contributed by atoms with Gasteiger partial charge in [-0.25, -0.2) is 0 Å². The average molecular weight is 275 g/mol. The van der Waals surface area contributed by atoms with Crippen LogP contribution in [-0.4, -0.2) is 31.0 Å². The number of ether oxygens (including phenoxy) is 1. The van der Waals surface area contributed by atoms with Gasteiger partial charge in [0.1, 0.15) is 5.75 Å². The molecule has 0 aliphatic heterocycles. The molecular weight excluding hydrogens is 263 g/mol. The zero-order chi connectivity index (χ0) is 14.6. The number of carbonyl (C=O) groups excluding carboxylic acids is 2. The average Bonchev–Trinajstić information content (AvgIpc) is 2.36. The molecule has 0 spiro atoms. The molecular formula is C12H12F3NO3. The highest BCUT2D eigenvalue weighted by atomic mass is 19.4. The first kappa shape index (κ1) is 15.0. The molecule has 0 radical (unpaired) electrons. The van der Waals surface area contributed by atoms with E-state index in [2.05, 4.69) is 0 Å². The van der Waals surface area contributed by atoms with Crippen LogP contribution < -0.4 is 10.1 Å². The summed E-state index contributed by atoms with van der Waals surface area (Å²) in [6.07, 6.45) is -5.01. The molecule has 0 fully saturated rings. The summed E-state index contributed by atoms with van der Waals surface area (Å²) in [4.78, 5) is 22.5. The van der Waals surface area contributed by atoms with Gasteiger partial charge in [-0.15, -0.1) is 0 Å². The van der Waals surface area contributed by atoms with Gasteiger partial charge in [-0.05, 0) is 31.2 Å². The zero-order valence-electron chi connectivity index (χ0n) is 10.2. The number of nitrogens with one attached hydrogen (secondary N) is 1. The quantitative estimate of drug-likeness (QED) is 0.854. The van der Waals surface area contributed by atoms with Gasteiger partial charge >= 0.3 is 12.1 Å². The summed E-state index contributed by atoms with van der Waals surface area (Å²) in [5, 5.41) is 1.60. The molecule has 0 aliphatic carbocycles. The number of methoxy groups -OCH3 is 1. The number of benzene rings is 1. The van der Waals surface area contributed by atoms with Gasteiger partial charge in [0.25, 0.3) is 0 Å². The van der Waals surface area contributed by atoms with E-state index in [0.29, 0.717) is 5.75 Å². The second-order valence-corrected chi connectivity index (χ2v) is 3.79. The monoisotopic (exact) mass is 275 g/mol. The molecule has 19 heavy (non-hydrogen) atoms. The van der Waals surface area contributed by atoms with Crippen molar-refractivity contribution < 1.29 is 27.5 Å². The lowest BCUT2D eigenvalue weighted by Crippen LogP contribution is -2.45. The maximum absolute atomic E-state index is 12.0. The summed E-state index contributed by atoms with van der Waals surface area (Å²) < 4.78 is 41.0. The van der Waals surface area contributed by atoms with Crippen molar-refractivity contribution in [1.29, 1.82) is 0 Å². The third-order valence-corrected chi connectivity index (χ3v) is 2.37. The maximum atomic E-state index is 12.0. The molecule has 1 atom stereocenters. The normalized spacial score (nSPS) is 12.7. The summed E-state index contributed by atoms with van der Waals surface area (Å²) >= 11 is 0. The van der Waals surface area contributed by atoms with E-state index < -0.39 is 23.9 Å². The Morgan fingerprint density at radius 3 is 2.16 bits per heavy atom. The van der Waals surface area contributed by atoms with Crippen LogP contribution >= 0.6 is 0 Å². The molecule has 0 saturated carbocycles. The first-order chi connectivity index (χ1) is 8.75. The number of carbonyl (C=O) groups is 2. The van der Waals surface area contributed by atoms with Gasteiger partial charge in [0.15, 0.2) is 5.78 Å². The summed E-state index contributed by atoms with van der Waals surface area (Å²) in [6.45, 7) is 1.19. The van der Waals surface area contributed by atoms with E-state index in [1.807, 2.05) is 0 Å². The third-order valence-electron chi connectivity index (χ3n) is 2.37. The van der Waals surface area contributed by atoms with Crippen molar-refractivity contribution in [2.75, 3.05) is 7.11 Å². The third kappa shape index (κ3) is 3.97. The topological polar surface area (TPSA) is 55.4 Å². The molecule has 4 nitrogen and oxygen atoms in total. The van der Waals surface area contributed by atoms with E-state index in [1.54, 1.807) is 5.32 Å². The summed E-state index contributed by atoms with van der Waals surface area (Å²) in [5.74, 6) is -2.23. The van der Waals surface area contributed by atoms with E-state index in [-0.39, 0.29) is 5.56 Å². The summed E-state index contributed by atoms with van der Waals surface area (Å²) in [6, 6.07) is 4.58. The van der Waals surface area contributed by atoms with Gasteiger partial charge in [0, 0.05) is 5.56 Å². The molecule has 7 heteroatoms. The molecule has 0 aromatic heterocycles. The molecule has 1 unspecified atom stereocenters. The van der Waals surface area contributed by atoms with E-state index in [4.69, 9.17) is 4.74 Å². The Kier molecular flexibility index (Phi) is 4.52. The predicted molar refractivity (Wildman–Crippen MR) is 61.0 cm³/mol. The van der Waals surface area contributed by atoms with E-state index >= 15 is 0 Å². The first-order valence-electron chi connectivity index (χ1n) is 5.31. The van der Waals surface area contributed by atoms with Crippen LogP contribution in [0.25, 0.3) is 0 Å². The van der Waals surface area contributed by atoms with E-state index in [1.165, 1.54) is 38.3 Å². The second kappa shape index (κ2) is 5.73. The van der Waals surface area contributed by atoms with E-state index in [9.17, 15) is 22.8 Å². The summed E-state index contributed by atoms with van der Waals surface area (Å²) in [7, 11) is 1.45. The highest BCUT2D eigenvalue weighted by Gasteiger charge is 2.40. The van der Waals surface area contributed by atoms with Gasteiger partial charge in [-0.2, -0.15) is 13.2 Å². The van der Waals surface area contributed by atoms with Gasteiger partial charge in [0.2, 0.25) is 0 Å². The van der Waals surface area contributed by atoms with Crippen LogP contribution in [-0.2, 0) is 4.79 Å². The number of hydrogen-bond donors (Lipinski definition) is 1. The number of amides is 1. The lowest BCUT2D eigenvalue weighted by molar-refractivity contribution is -0.173. The molecule has 1 aromatic carbocycles. The number of rotatable bonds is 4. The highest BCUT2D eigenvalue weighted by molar-refractivity contribution is 6.02. The van der Waals surface area contributed by atoms with Crippen LogP contribution in [0.3, 0.4) is 0 Å². The van der Waals surface area contributed by atoms with Crippen molar-refractivity contribution in [2.45, 2.75) is 19.1 Å². The van der Waals surface area contributed by atoms with E-state index in [0.717, 1.165) is 0 Å². The molecule has 1 rings (SSSR count). The van der Waals surface area contributed by atoms with Gasteiger partial charge in [-0.1, -0.05) is 0 Å². The molecule has 104 valence electrons. The largest absolute Gasteiger partial charge is 0.497 e. The van der Waals surface area contributed by atoms with Crippen LogP contribution in [0.2, 0.25) is 0 Å². The minimum atomic E-state index is -5.01. The Hall–Kier alpha value is -2.05. The Labute approximate surface area is 107 Å². The van der Waals surface area contributed by atoms with Crippen LogP contribution in [0.1, 0.15) is 17.3 Å². The van der Waals surface area contributed by atoms with Crippen molar-refractivity contribution in [2.24, 2.45) is 0 Å². The van der Waals surface area contributed by atoms with Crippen LogP contribution in [0, 0.1) is 0 Å². The van der Waals surface area contributed by atoms with Crippen molar-refractivity contribution >= 4 is 11.7 Å². The Balaban J connectivity index is 2.74. The van der Waals surface area contributed by atoms with Crippen LogP contribution in [0.15, 0.2) is 24.3 Å². The standard InChI is InChI=1S/C12H12F3NO3/c1-7(16-11(18)12(13,14)15)10(17)8-3-5-9(19-2)6-4-8/h3-7H,1-2H3,(H,16,18). The van der Waals surface area contributed by atoms with Crippen molar-refractivity contribution in [1.82, 2.24) is 5.32 Å². The van der Waals surface area contributed by atoms with Crippen molar-refractivity contribution in [3.05, 3.63) is 29.8 Å². The Bertz CT molecular complexity index is 468. The fraction of sp³-hybridized carbons (Fsp3) is 0.333. The minimum absolute atomic E-state index is 0.191. The summed E-state index contributed by atoms with van der Waals surface area (Å²) in [5.41, 5.74) is 0.191. The predicted octanol–water partition coefficient (Wildman–Crippen LogP) is 1.94. The molecule has 1 N–H and O–H groups in total. The Morgan fingerprint density at radius 1 is 1.21 bits per heavy atom. The zero-order valence-corrected chi connectivity index (χ0v) is 10.2. The number of hydrogen-bond acceptors (Lipinski definition) is 3. The lowest BCUT2D eigenvalue weighted by Gasteiger charge is -2.14. The Morgan fingerprint density at radius 2 is 1.74 bits per heavy atom. The second-order valence-electron chi connectivity index (χ2n) is 3.79.